The van der Waals surface area contributed by atoms with Gasteiger partial charge in [-0.2, -0.15) is 5.26 Å². The van der Waals surface area contributed by atoms with Crippen LogP contribution in [-0.4, -0.2) is 24.0 Å². The summed E-state index contributed by atoms with van der Waals surface area (Å²) in [7, 11) is 0. The standard InChI is InChI=1S/C19H14N4O/c20-11-17-18(23-16-9-5-2-6-10-16)14(13-22-19(17)24)12-21-15-7-3-1-4-8-15/h1-10,12-14,17H. The molecule has 2 aromatic rings. The van der Waals surface area contributed by atoms with Gasteiger partial charge >= 0.3 is 0 Å². The summed E-state index contributed by atoms with van der Waals surface area (Å²) in [5.74, 6) is -1.87. The maximum atomic E-state index is 11.9. The lowest BCUT2D eigenvalue weighted by Crippen LogP contribution is -2.34. The smallest absolute Gasteiger partial charge is 0.268 e. The largest absolute Gasteiger partial charge is 0.271 e. The third-order valence-corrected chi connectivity index (χ3v) is 3.53. The quantitative estimate of drug-likeness (QED) is 0.812. The zero-order chi connectivity index (χ0) is 16.8. The van der Waals surface area contributed by atoms with E-state index in [2.05, 4.69) is 15.0 Å². The van der Waals surface area contributed by atoms with Crippen LogP contribution in [0.25, 0.3) is 0 Å². The van der Waals surface area contributed by atoms with Gasteiger partial charge in [-0.1, -0.05) is 36.4 Å². The average molecular weight is 314 g/mol. The van der Waals surface area contributed by atoms with E-state index in [0.29, 0.717) is 11.4 Å². The maximum absolute atomic E-state index is 11.9. The van der Waals surface area contributed by atoms with E-state index in [1.54, 1.807) is 6.21 Å². The summed E-state index contributed by atoms with van der Waals surface area (Å²) >= 11 is 0. The van der Waals surface area contributed by atoms with Crippen molar-refractivity contribution < 1.29 is 4.79 Å². The van der Waals surface area contributed by atoms with Crippen LogP contribution in [0.4, 0.5) is 11.4 Å². The van der Waals surface area contributed by atoms with Crippen LogP contribution in [-0.2, 0) is 4.79 Å². The summed E-state index contributed by atoms with van der Waals surface area (Å²) in [5, 5.41) is 9.34. The summed E-state index contributed by atoms with van der Waals surface area (Å²) in [6, 6.07) is 20.7. The van der Waals surface area contributed by atoms with Gasteiger partial charge in [0.05, 0.1) is 29.1 Å². The van der Waals surface area contributed by atoms with Crippen LogP contribution in [0.3, 0.4) is 0 Å². The van der Waals surface area contributed by atoms with Crippen LogP contribution >= 0.6 is 0 Å². The summed E-state index contributed by atoms with van der Waals surface area (Å²) in [6.07, 6.45) is 3.15. The SMILES string of the molecule is N#CC1C(=O)N=CC(C=Nc2ccccc2)C1=Nc1ccccc1. The van der Waals surface area contributed by atoms with Crippen LogP contribution < -0.4 is 0 Å². The molecule has 0 spiro atoms. The van der Waals surface area contributed by atoms with Gasteiger partial charge in [-0.3, -0.25) is 14.8 Å². The molecular formula is C19H14N4O. The second-order valence-corrected chi connectivity index (χ2v) is 5.19. The van der Waals surface area contributed by atoms with Crippen molar-refractivity contribution in [2.45, 2.75) is 0 Å². The number of amides is 1. The van der Waals surface area contributed by atoms with E-state index in [0.717, 1.165) is 5.69 Å². The highest BCUT2D eigenvalue weighted by molar-refractivity contribution is 6.24. The van der Waals surface area contributed by atoms with Crippen LogP contribution in [0.15, 0.2) is 75.6 Å². The van der Waals surface area contributed by atoms with Gasteiger partial charge in [0.25, 0.3) is 5.91 Å². The van der Waals surface area contributed by atoms with Gasteiger partial charge in [-0.05, 0) is 24.3 Å². The molecule has 0 saturated carbocycles. The van der Waals surface area contributed by atoms with E-state index in [-0.39, 0.29) is 0 Å². The molecule has 1 aliphatic rings. The Morgan fingerprint density at radius 2 is 1.62 bits per heavy atom. The molecule has 3 rings (SSSR count). The Hall–Kier alpha value is -3.39. The number of hydrogen-bond acceptors (Lipinski definition) is 4. The van der Waals surface area contributed by atoms with Crippen molar-refractivity contribution >= 4 is 35.4 Å². The van der Waals surface area contributed by atoms with Crippen molar-refractivity contribution in [3.63, 3.8) is 0 Å². The van der Waals surface area contributed by atoms with Gasteiger partial charge in [0.1, 0.15) is 0 Å². The summed E-state index contributed by atoms with van der Waals surface area (Å²) in [4.78, 5) is 24.6. The molecule has 0 saturated heterocycles. The third kappa shape index (κ3) is 3.50. The number of hydrogen-bond donors (Lipinski definition) is 0. The Labute approximate surface area is 139 Å². The fourth-order valence-corrected chi connectivity index (χ4v) is 2.33. The molecule has 2 aromatic carbocycles. The van der Waals surface area contributed by atoms with Crippen molar-refractivity contribution in [2.75, 3.05) is 0 Å². The summed E-state index contributed by atoms with van der Waals surface area (Å²) in [6.45, 7) is 0. The van der Waals surface area contributed by atoms with E-state index in [1.165, 1.54) is 6.21 Å². The average Bonchev–Trinajstić information content (AvgIpc) is 2.63. The van der Waals surface area contributed by atoms with E-state index < -0.39 is 17.7 Å². The van der Waals surface area contributed by atoms with Crippen molar-refractivity contribution in [3.05, 3.63) is 60.7 Å². The Balaban J connectivity index is 1.97. The number of benzene rings is 2. The molecular weight excluding hydrogens is 300 g/mol. The van der Waals surface area contributed by atoms with E-state index in [1.807, 2.05) is 66.7 Å². The number of aliphatic imine (C=N–C) groups is 3. The van der Waals surface area contributed by atoms with Crippen molar-refractivity contribution in [2.24, 2.45) is 26.8 Å². The molecule has 0 aliphatic carbocycles. The lowest BCUT2D eigenvalue weighted by Gasteiger charge is -2.18. The first-order valence-electron chi connectivity index (χ1n) is 7.48. The van der Waals surface area contributed by atoms with Gasteiger partial charge in [-0.15, -0.1) is 0 Å². The first kappa shape index (κ1) is 15.5. The highest BCUT2D eigenvalue weighted by Crippen LogP contribution is 2.21. The van der Waals surface area contributed by atoms with Crippen LogP contribution in [0, 0.1) is 23.2 Å². The lowest BCUT2D eigenvalue weighted by molar-refractivity contribution is -0.118. The number of para-hydroxylation sites is 2. The molecule has 2 unspecified atom stereocenters. The molecule has 1 amide bonds. The Bertz CT molecular complexity index is 848. The van der Waals surface area contributed by atoms with Gasteiger partial charge in [0.2, 0.25) is 0 Å². The molecule has 1 heterocycles. The minimum atomic E-state index is -0.984. The van der Waals surface area contributed by atoms with Crippen molar-refractivity contribution in [1.82, 2.24) is 0 Å². The predicted octanol–water partition coefficient (Wildman–Crippen LogP) is 3.53. The molecule has 0 N–H and O–H groups in total. The second-order valence-electron chi connectivity index (χ2n) is 5.19. The number of rotatable bonds is 3. The second kappa shape index (κ2) is 7.25. The number of nitrogens with zero attached hydrogens (tertiary/aromatic N) is 4. The predicted molar refractivity (Wildman–Crippen MR) is 94.2 cm³/mol. The molecule has 5 nitrogen and oxygen atoms in total. The minimum Gasteiger partial charge on any atom is -0.271 e. The van der Waals surface area contributed by atoms with Gasteiger partial charge in [0.15, 0.2) is 5.92 Å². The molecule has 0 aromatic heterocycles. The van der Waals surface area contributed by atoms with Crippen LogP contribution in [0.1, 0.15) is 0 Å². The first-order valence-corrected chi connectivity index (χ1v) is 7.48. The van der Waals surface area contributed by atoms with E-state index in [4.69, 9.17) is 0 Å². The highest BCUT2D eigenvalue weighted by atomic mass is 16.1. The van der Waals surface area contributed by atoms with Crippen LogP contribution in [0.2, 0.25) is 0 Å². The Morgan fingerprint density at radius 1 is 1.00 bits per heavy atom. The topological polar surface area (TPSA) is 77.9 Å². The zero-order valence-electron chi connectivity index (χ0n) is 12.8. The van der Waals surface area contributed by atoms with Crippen molar-refractivity contribution in [1.29, 1.82) is 5.26 Å². The molecule has 1 aliphatic heterocycles. The molecule has 0 bridgehead atoms. The third-order valence-electron chi connectivity index (χ3n) is 3.53. The van der Waals surface area contributed by atoms with Crippen LogP contribution in [0.5, 0.6) is 0 Å². The highest BCUT2D eigenvalue weighted by Gasteiger charge is 2.32. The van der Waals surface area contributed by atoms with E-state index >= 15 is 0 Å². The minimum absolute atomic E-state index is 0.396. The molecule has 116 valence electrons. The normalized spacial score (nSPS) is 22.0. The molecule has 0 radical (unpaired) electrons. The summed E-state index contributed by atoms with van der Waals surface area (Å²) in [5.41, 5.74) is 1.92. The number of carbonyl (C=O) groups is 1. The molecule has 2 atom stereocenters. The van der Waals surface area contributed by atoms with E-state index in [9.17, 15) is 10.1 Å². The lowest BCUT2D eigenvalue weighted by atomic mass is 9.90. The maximum Gasteiger partial charge on any atom is 0.268 e. The monoisotopic (exact) mass is 314 g/mol. The Kier molecular flexibility index (Phi) is 4.68. The number of nitriles is 1. The molecule has 5 heteroatoms. The van der Waals surface area contributed by atoms with Gasteiger partial charge < -0.3 is 0 Å². The fourth-order valence-electron chi connectivity index (χ4n) is 2.33. The first-order chi connectivity index (χ1) is 11.8. The number of carbonyl (C=O) groups excluding carboxylic acids is 1. The molecule has 0 fully saturated rings. The summed E-state index contributed by atoms with van der Waals surface area (Å²) < 4.78 is 0. The van der Waals surface area contributed by atoms with Gasteiger partial charge in [0, 0.05) is 12.4 Å². The van der Waals surface area contributed by atoms with Crippen molar-refractivity contribution in [3.8, 4) is 6.07 Å². The fraction of sp³-hybridized carbons (Fsp3) is 0.105. The Morgan fingerprint density at radius 3 is 2.25 bits per heavy atom. The zero-order valence-corrected chi connectivity index (χ0v) is 12.8. The molecule has 24 heavy (non-hydrogen) atoms. The van der Waals surface area contributed by atoms with Gasteiger partial charge in [-0.25, -0.2) is 4.99 Å².